The lowest BCUT2D eigenvalue weighted by Crippen LogP contribution is -2.20. The molecule has 0 spiro atoms. The summed E-state index contributed by atoms with van der Waals surface area (Å²) in [5, 5.41) is 7.33. The molecule has 0 saturated heterocycles. The predicted molar refractivity (Wildman–Crippen MR) is 100 cm³/mol. The van der Waals surface area contributed by atoms with E-state index in [9.17, 15) is 4.79 Å². The van der Waals surface area contributed by atoms with Gasteiger partial charge in [-0.3, -0.25) is 10.1 Å². The molecule has 3 rings (SSSR count). The Labute approximate surface area is 149 Å². The molecule has 0 saturated carbocycles. The topological polar surface area (TPSA) is 51.2 Å². The van der Waals surface area contributed by atoms with Gasteiger partial charge in [-0.05, 0) is 48.9 Å². The lowest BCUT2D eigenvalue weighted by molar-refractivity contribution is -0.118. The third-order valence-electron chi connectivity index (χ3n) is 3.75. The Morgan fingerprint density at radius 3 is 2.71 bits per heavy atom. The van der Waals surface area contributed by atoms with Crippen molar-refractivity contribution < 1.29 is 9.53 Å². The van der Waals surface area contributed by atoms with Gasteiger partial charge in [-0.15, -0.1) is 22.7 Å². The van der Waals surface area contributed by atoms with Crippen molar-refractivity contribution in [3.63, 3.8) is 0 Å². The van der Waals surface area contributed by atoms with E-state index in [1.54, 1.807) is 11.3 Å². The number of thiazole rings is 1. The average Bonchev–Trinajstić information content (AvgIpc) is 3.22. The molecule has 0 radical (unpaired) electrons. The van der Waals surface area contributed by atoms with E-state index in [0.29, 0.717) is 5.13 Å². The quantitative estimate of drug-likeness (QED) is 0.712. The van der Waals surface area contributed by atoms with Crippen LogP contribution in [0.2, 0.25) is 0 Å². The molecule has 2 aromatic heterocycles. The number of ether oxygens (including phenoxy) is 1. The van der Waals surface area contributed by atoms with Crippen molar-refractivity contribution >= 4 is 33.7 Å². The number of thiophene rings is 1. The number of benzene rings is 1. The van der Waals surface area contributed by atoms with Gasteiger partial charge in [0.15, 0.2) is 11.7 Å². The average molecular weight is 358 g/mol. The Morgan fingerprint density at radius 1 is 1.17 bits per heavy atom. The highest BCUT2D eigenvalue weighted by Gasteiger charge is 2.11. The molecule has 0 aliphatic rings. The lowest BCUT2D eigenvalue weighted by atomic mass is 10.1. The van der Waals surface area contributed by atoms with Crippen LogP contribution in [0.3, 0.4) is 0 Å². The number of hydrogen-bond acceptors (Lipinski definition) is 5. The molecule has 0 fully saturated rings. The second-order valence-corrected chi connectivity index (χ2v) is 7.31. The van der Waals surface area contributed by atoms with Crippen LogP contribution < -0.4 is 10.1 Å². The highest BCUT2D eigenvalue weighted by atomic mass is 32.1. The molecule has 0 unspecified atom stereocenters. The monoisotopic (exact) mass is 358 g/mol. The minimum absolute atomic E-state index is 0.0287. The van der Waals surface area contributed by atoms with E-state index in [0.717, 1.165) is 33.0 Å². The van der Waals surface area contributed by atoms with Crippen LogP contribution in [0.1, 0.15) is 16.7 Å². The van der Waals surface area contributed by atoms with Crippen molar-refractivity contribution in [1.82, 2.24) is 4.98 Å². The third kappa shape index (κ3) is 3.66. The standard InChI is InChI=1S/C18H18N2O2S2/c1-11-6-7-12(2)17(13(11)3)22-9-16(21)20-18-19-14(10-24-18)15-5-4-8-23-15/h4-8,10H,9H2,1-3H3,(H,19,20,21). The Hall–Kier alpha value is -2.18. The Kier molecular flexibility index (Phi) is 4.97. The van der Waals surface area contributed by atoms with Crippen molar-refractivity contribution in [1.29, 1.82) is 0 Å². The van der Waals surface area contributed by atoms with E-state index in [1.165, 1.54) is 11.3 Å². The van der Waals surface area contributed by atoms with E-state index in [2.05, 4.69) is 16.4 Å². The number of anilines is 1. The molecule has 4 nitrogen and oxygen atoms in total. The predicted octanol–water partition coefficient (Wildman–Crippen LogP) is 4.81. The smallest absolute Gasteiger partial charge is 0.264 e. The van der Waals surface area contributed by atoms with Crippen LogP contribution in [-0.2, 0) is 4.79 Å². The van der Waals surface area contributed by atoms with Gasteiger partial charge in [0.1, 0.15) is 5.75 Å². The molecular formula is C18H18N2O2S2. The number of nitrogens with zero attached hydrogens (tertiary/aromatic N) is 1. The molecule has 1 N–H and O–H groups in total. The second-order valence-electron chi connectivity index (χ2n) is 5.51. The molecule has 0 bridgehead atoms. The highest BCUT2D eigenvalue weighted by molar-refractivity contribution is 7.16. The van der Waals surface area contributed by atoms with Gasteiger partial charge >= 0.3 is 0 Å². The maximum absolute atomic E-state index is 12.1. The number of hydrogen-bond donors (Lipinski definition) is 1. The van der Waals surface area contributed by atoms with Crippen LogP contribution in [0.5, 0.6) is 5.75 Å². The van der Waals surface area contributed by atoms with Gasteiger partial charge in [0, 0.05) is 5.38 Å². The summed E-state index contributed by atoms with van der Waals surface area (Å²) >= 11 is 3.04. The molecule has 2 heterocycles. The third-order valence-corrected chi connectivity index (χ3v) is 5.40. The molecule has 124 valence electrons. The zero-order valence-corrected chi connectivity index (χ0v) is 15.4. The Balaban J connectivity index is 1.62. The number of carbonyl (C=O) groups is 1. The number of aryl methyl sites for hydroxylation is 2. The first-order valence-electron chi connectivity index (χ1n) is 7.53. The van der Waals surface area contributed by atoms with E-state index in [1.807, 2.05) is 49.7 Å². The minimum atomic E-state index is -0.206. The summed E-state index contributed by atoms with van der Waals surface area (Å²) < 4.78 is 5.73. The first-order valence-corrected chi connectivity index (χ1v) is 9.29. The van der Waals surface area contributed by atoms with Gasteiger partial charge in [0.05, 0.1) is 10.6 Å². The Morgan fingerprint density at radius 2 is 1.96 bits per heavy atom. The van der Waals surface area contributed by atoms with Crippen LogP contribution >= 0.6 is 22.7 Å². The summed E-state index contributed by atoms with van der Waals surface area (Å²) in [6, 6.07) is 8.05. The van der Waals surface area contributed by atoms with Crippen molar-refractivity contribution in [2.75, 3.05) is 11.9 Å². The molecule has 24 heavy (non-hydrogen) atoms. The Bertz CT molecular complexity index is 854. The van der Waals surface area contributed by atoms with Crippen LogP contribution in [0.25, 0.3) is 10.6 Å². The van der Waals surface area contributed by atoms with E-state index in [-0.39, 0.29) is 12.5 Å². The van der Waals surface area contributed by atoms with Gasteiger partial charge in [-0.1, -0.05) is 18.2 Å². The fourth-order valence-electron chi connectivity index (χ4n) is 2.31. The zero-order chi connectivity index (χ0) is 17.1. The van der Waals surface area contributed by atoms with Gasteiger partial charge in [0.25, 0.3) is 5.91 Å². The number of aromatic nitrogens is 1. The van der Waals surface area contributed by atoms with Crippen molar-refractivity contribution in [3.8, 4) is 16.3 Å². The largest absolute Gasteiger partial charge is 0.483 e. The molecule has 0 aliphatic carbocycles. The molecular weight excluding hydrogens is 340 g/mol. The fourth-order valence-corrected chi connectivity index (χ4v) is 3.80. The van der Waals surface area contributed by atoms with Crippen LogP contribution in [0.15, 0.2) is 35.0 Å². The summed E-state index contributed by atoms with van der Waals surface area (Å²) in [5.41, 5.74) is 4.13. The maximum atomic E-state index is 12.1. The lowest BCUT2D eigenvalue weighted by Gasteiger charge is -2.13. The van der Waals surface area contributed by atoms with Crippen LogP contribution in [0, 0.1) is 20.8 Å². The first kappa shape index (κ1) is 16.7. The summed E-state index contributed by atoms with van der Waals surface area (Å²) in [4.78, 5) is 17.7. The molecule has 1 aromatic carbocycles. The van der Waals surface area contributed by atoms with Gasteiger partial charge in [-0.25, -0.2) is 4.98 Å². The fraction of sp³-hybridized carbons (Fsp3) is 0.222. The summed E-state index contributed by atoms with van der Waals surface area (Å²) in [7, 11) is 0. The maximum Gasteiger partial charge on any atom is 0.264 e. The van der Waals surface area contributed by atoms with E-state index in [4.69, 9.17) is 4.74 Å². The number of carbonyl (C=O) groups excluding carboxylic acids is 1. The molecule has 0 aliphatic heterocycles. The van der Waals surface area contributed by atoms with Crippen molar-refractivity contribution in [2.45, 2.75) is 20.8 Å². The van der Waals surface area contributed by atoms with Gasteiger partial charge < -0.3 is 4.74 Å². The summed E-state index contributed by atoms with van der Waals surface area (Å²) in [5.74, 6) is 0.575. The van der Waals surface area contributed by atoms with Crippen LogP contribution in [0.4, 0.5) is 5.13 Å². The molecule has 0 atom stereocenters. The van der Waals surface area contributed by atoms with Gasteiger partial charge in [-0.2, -0.15) is 0 Å². The number of rotatable bonds is 5. The molecule has 3 aromatic rings. The van der Waals surface area contributed by atoms with Crippen molar-refractivity contribution in [2.24, 2.45) is 0 Å². The van der Waals surface area contributed by atoms with Gasteiger partial charge in [0.2, 0.25) is 0 Å². The van der Waals surface area contributed by atoms with E-state index < -0.39 is 0 Å². The van der Waals surface area contributed by atoms with E-state index >= 15 is 0 Å². The summed E-state index contributed by atoms with van der Waals surface area (Å²) in [6.07, 6.45) is 0. The molecule has 6 heteroatoms. The SMILES string of the molecule is Cc1ccc(C)c(OCC(=O)Nc2nc(-c3cccs3)cs2)c1C. The van der Waals surface area contributed by atoms with Crippen LogP contribution in [-0.4, -0.2) is 17.5 Å². The number of amides is 1. The number of nitrogens with one attached hydrogen (secondary N) is 1. The highest BCUT2D eigenvalue weighted by Crippen LogP contribution is 2.28. The second kappa shape index (κ2) is 7.15. The molecule has 1 amide bonds. The normalized spacial score (nSPS) is 10.6. The zero-order valence-electron chi connectivity index (χ0n) is 13.8. The summed E-state index contributed by atoms with van der Waals surface area (Å²) in [6.45, 7) is 5.99. The first-order chi connectivity index (χ1) is 11.5. The van der Waals surface area contributed by atoms with Crippen molar-refractivity contribution in [3.05, 3.63) is 51.7 Å². The minimum Gasteiger partial charge on any atom is -0.483 e.